The molecule has 0 radical (unpaired) electrons. The molecule has 1 aromatic carbocycles. The second-order valence-corrected chi connectivity index (χ2v) is 5.47. The van der Waals surface area contributed by atoms with Crippen LogP contribution in [0.5, 0.6) is 0 Å². The lowest BCUT2D eigenvalue weighted by atomic mass is 10.1. The van der Waals surface area contributed by atoms with Gasteiger partial charge in [0.2, 0.25) is 0 Å². The zero-order chi connectivity index (χ0) is 14.9. The maximum absolute atomic E-state index is 11.9. The molecule has 0 saturated heterocycles. The summed E-state index contributed by atoms with van der Waals surface area (Å²) < 4.78 is 13.1. The number of benzene rings is 1. The number of hydrogen-bond donors (Lipinski definition) is 0. The summed E-state index contributed by atoms with van der Waals surface area (Å²) in [6.07, 6.45) is 3.62. The number of ether oxygens (including phenoxy) is 1. The van der Waals surface area contributed by atoms with Gasteiger partial charge in [-0.2, -0.15) is 0 Å². The summed E-state index contributed by atoms with van der Waals surface area (Å²) in [5, 5.41) is 0. The van der Waals surface area contributed by atoms with Gasteiger partial charge < -0.3 is 13.6 Å². The molecule has 0 amide bonds. The van der Waals surface area contributed by atoms with Crippen molar-refractivity contribution in [1.29, 1.82) is 0 Å². The largest absolute Gasteiger partial charge is 0.422 e. The summed E-state index contributed by atoms with van der Waals surface area (Å²) in [6, 6.07) is 13.5. The van der Waals surface area contributed by atoms with Crippen molar-refractivity contribution in [1.82, 2.24) is 4.40 Å². The molecule has 0 bridgehead atoms. The molecule has 4 nitrogen and oxygen atoms in total. The van der Waals surface area contributed by atoms with E-state index in [1.54, 1.807) is 16.7 Å². The topological polar surface area (TPSA) is 43.9 Å². The van der Waals surface area contributed by atoms with Gasteiger partial charge in [0.1, 0.15) is 11.1 Å². The van der Waals surface area contributed by atoms with Crippen molar-refractivity contribution in [3.63, 3.8) is 0 Å². The van der Waals surface area contributed by atoms with E-state index >= 15 is 0 Å². The molecule has 0 unspecified atom stereocenters. The first-order valence-electron chi connectivity index (χ1n) is 6.85. The van der Waals surface area contributed by atoms with Crippen molar-refractivity contribution in [3.05, 3.63) is 76.6 Å². The molecule has 3 aromatic rings. The van der Waals surface area contributed by atoms with Crippen LogP contribution < -0.4 is 5.63 Å². The van der Waals surface area contributed by atoms with Crippen molar-refractivity contribution in [2.24, 2.45) is 0 Å². The summed E-state index contributed by atoms with van der Waals surface area (Å²) in [5.74, 6) is 0.507. The Morgan fingerprint density at radius 2 is 1.90 bits per heavy atom. The molecular weight excluding hydrogens is 266 g/mol. The Morgan fingerprint density at radius 3 is 2.67 bits per heavy atom. The minimum absolute atomic E-state index is 0.353. The molecule has 0 N–H and O–H groups in total. The van der Waals surface area contributed by atoms with E-state index in [-0.39, 0.29) is 5.63 Å². The first kappa shape index (κ1) is 13.6. The Balaban J connectivity index is 1.87. The first-order chi connectivity index (χ1) is 10.1. The van der Waals surface area contributed by atoms with Gasteiger partial charge in [0.25, 0.3) is 0 Å². The van der Waals surface area contributed by atoms with E-state index in [0.29, 0.717) is 17.9 Å². The second-order valence-electron chi connectivity index (χ2n) is 5.47. The Kier molecular flexibility index (Phi) is 3.39. The fourth-order valence-corrected chi connectivity index (χ4v) is 2.17. The molecule has 0 fully saturated rings. The predicted molar refractivity (Wildman–Crippen MR) is 80.2 cm³/mol. The molecule has 0 saturated carbocycles. The Bertz CT molecular complexity index is 800. The van der Waals surface area contributed by atoms with E-state index in [4.69, 9.17) is 9.15 Å². The highest BCUT2D eigenvalue weighted by Gasteiger charge is 2.26. The minimum Gasteiger partial charge on any atom is -0.422 e. The fourth-order valence-electron chi connectivity index (χ4n) is 2.17. The van der Waals surface area contributed by atoms with E-state index in [1.165, 1.54) is 0 Å². The molecule has 2 aromatic heterocycles. The van der Waals surface area contributed by atoms with Crippen LogP contribution >= 0.6 is 0 Å². The molecule has 0 aliphatic heterocycles. The van der Waals surface area contributed by atoms with Crippen molar-refractivity contribution < 1.29 is 9.15 Å². The highest BCUT2D eigenvalue weighted by molar-refractivity contribution is 5.44. The number of hydrogen-bond acceptors (Lipinski definition) is 3. The van der Waals surface area contributed by atoms with Crippen LogP contribution in [0.3, 0.4) is 0 Å². The summed E-state index contributed by atoms with van der Waals surface area (Å²) in [4.78, 5) is 11.9. The van der Waals surface area contributed by atoms with Gasteiger partial charge in [-0.05, 0) is 31.5 Å². The van der Waals surface area contributed by atoms with Crippen LogP contribution in [-0.2, 0) is 16.9 Å². The van der Waals surface area contributed by atoms with Crippen molar-refractivity contribution >= 4 is 5.52 Å². The predicted octanol–water partition coefficient (Wildman–Crippen LogP) is 3.34. The van der Waals surface area contributed by atoms with Crippen LogP contribution in [0.1, 0.15) is 25.2 Å². The molecular formula is C17H17NO3. The van der Waals surface area contributed by atoms with E-state index in [1.807, 2.05) is 56.4 Å². The maximum Gasteiger partial charge on any atom is 0.360 e. The zero-order valence-electron chi connectivity index (χ0n) is 12.1. The molecule has 2 heterocycles. The molecule has 108 valence electrons. The molecule has 3 rings (SSSR count). The van der Waals surface area contributed by atoms with Crippen LogP contribution in [0.2, 0.25) is 0 Å². The maximum atomic E-state index is 11.9. The van der Waals surface area contributed by atoms with Gasteiger partial charge in [-0.1, -0.05) is 30.3 Å². The lowest BCUT2D eigenvalue weighted by Crippen LogP contribution is -2.24. The Hall–Kier alpha value is -2.33. The van der Waals surface area contributed by atoms with E-state index < -0.39 is 5.60 Å². The third kappa shape index (κ3) is 2.76. The van der Waals surface area contributed by atoms with Gasteiger partial charge in [-0.15, -0.1) is 0 Å². The molecule has 0 aliphatic carbocycles. The van der Waals surface area contributed by atoms with Gasteiger partial charge in [-0.25, -0.2) is 4.79 Å². The Labute approximate surface area is 122 Å². The molecule has 0 spiro atoms. The van der Waals surface area contributed by atoms with Gasteiger partial charge in [-0.3, -0.25) is 0 Å². The second kappa shape index (κ2) is 5.22. The van der Waals surface area contributed by atoms with Crippen LogP contribution in [0.15, 0.2) is 64.1 Å². The van der Waals surface area contributed by atoms with Crippen LogP contribution in [0.25, 0.3) is 5.52 Å². The molecule has 21 heavy (non-hydrogen) atoms. The van der Waals surface area contributed by atoms with Gasteiger partial charge in [0.05, 0.1) is 12.8 Å². The lowest BCUT2D eigenvalue weighted by molar-refractivity contribution is -0.0502. The summed E-state index contributed by atoms with van der Waals surface area (Å²) in [6.45, 7) is 4.24. The standard InChI is InChI=1S/C17H17NO3/c1-17(2,20-12-13-7-4-3-5-8-13)15-11-18-10-6-9-14(18)16(19)21-15/h3-11H,12H2,1-2H3. The van der Waals surface area contributed by atoms with Gasteiger partial charge in [0, 0.05) is 6.20 Å². The highest BCUT2D eigenvalue weighted by atomic mass is 16.5. The van der Waals surface area contributed by atoms with Gasteiger partial charge in [0.15, 0.2) is 5.76 Å². The highest BCUT2D eigenvalue weighted by Crippen LogP contribution is 2.25. The summed E-state index contributed by atoms with van der Waals surface area (Å²) in [5.41, 5.74) is 0.564. The quantitative estimate of drug-likeness (QED) is 0.737. The monoisotopic (exact) mass is 283 g/mol. The minimum atomic E-state index is -0.687. The van der Waals surface area contributed by atoms with Crippen molar-refractivity contribution in [2.75, 3.05) is 0 Å². The first-order valence-corrected chi connectivity index (χ1v) is 6.85. The molecule has 0 atom stereocenters. The smallest absolute Gasteiger partial charge is 0.360 e. The lowest BCUT2D eigenvalue weighted by Gasteiger charge is -2.24. The van der Waals surface area contributed by atoms with Crippen molar-refractivity contribution in [3.8, 4) is 0 Å². The van der Waals surface area contributed by atoms with E-state index in [0.717, 1.165) is 5.56 Å². The number of nitrogens with zero attached hydrogens (tertiary/aromatic N) is 1. The fraction of sp³-hybridized carbons (Fsp3) is 0.235. The number of aromatic nitrogens is 1. The summed E-state index contributed by atoms with van der Waals surface area (Å²) in [7, 11) is 0. The van der Waals surface area contributed by atoms with E-state index in [2.05, 4.69) is 0 Å². The Morgan fingerprint density at radius 1 is 1.14 bits per heavy atom. The number of fused-ring (bicyclic) bond motifs is 1. The third-order valence-corrected chi connectivity index (χ3v) is 3.48. The summed E-state index contributed by atoms with van der Waals surface area (Å²) >= 11 is 0. The normalized spacial score (nSPS) is 11.9. The van der Waals surface area contributed by atoms with Crippen LogP contribution in [-0.4, -0.2) is 4.40 Å². The average molecular weight is 283 g/mol. The number of rotatable bonds is 4. The van der Waals surface area contributed by atoms with Crippen LogP contribution in [0.4, 0.5) is 0 Å². The molecule has 4 heteroatoms. The average Bonchev–Trinajstić information content (AvgIpc) is 2.95. The third-order valence-electron chi connectivity index (χ3n) is 3.48. The van der Waals surface area contributed by atoms with E-state index in [9.17, 15) is 4.79 Å². The van der Waals surface area contributed by atoms with Gasteiger partial charge >= 0.3 is 5.63 Å². The van der Waals surface area contributed by atoms with Crippen LogP contribution in [0, 0.1) is 0 Å². The molecule has 0 aliphatic rings. The SMILES string of the molecule is CC(C)(OCc1ccccc1)c1cn2cccc2c(=O)o1. The van der Waals surface area contributed by atoms with Crippen molar-refractivity contribution in [2.45, 2.75) is 26.1 Å². The zero-order valence-corrected chi connectivity index (χ0v) is 12.1.